The van der Waals surface area contributed by atoms with Crippen molar-refractivity contribution in [2.45, 2.75) is 13.5 Å². The predicted molar refractivity (Wildman–Crippen MR) is 29.8 cm³/mol. The van der Waals surface area contributed by atoms with Gasteiger partial charge in [0.05, 0.1) is 6.20 Å². The molecule has 0 fully saturated rings. The van der Waals surface area contributed by atoms with Crippen molar-refractivity contribution >= 4 is 5.97 Å². The van der Waals surface area contributed by atoms with E-state index in [-0.39, 0.29) is 12.6 Å². The van der Waals surface area contributed by atoms with Crippen LogP contribution in [-0.4, -0.2) is 16.3 Å². The Morgan fingerprint density at radius 3 is 3.20 bits per heavy atom. The maximum absolute atomic E-state index is 10.2. The first-order chi connectivity index (χ1) is 4.79. The highest BCUT2D eigenvalue weighted by atomic mass is 16.6. The number of ether oxygens (including phenoxy) is 1. The van der Waals surface area contributed by atoms with E-state index in [1.54, 1.807) is 0 Å². The molecular weight excluding hydrogens is 136 g/mol. The van der Waals surface area contributed by atoms with Gasteiger partial charge in [0.25, 0.3) is 0 Å². The summed E-state index contributed by atoms with van der Waals surface area (Å²) in [4.78, 5) is 10.2. The van der Waals surface area contributed by atoms with E-state index in [0.29, 0.717) is 5.69 Å². The summed E-state index contributed by atoms with van der Waals surface area (Å²) in [6.45, 7) is 1.45. The molecule has 0 amide bonds. The summed E-state index contributed by atoms with van der Waals surface area (Å²) < 4.78 is 8.84. The van der Waals surface area contributed by atoms with E-state index in [0.717, 1.165) is 0 Å². The van der Waals surface area contributed by atoms with Crippen molar-refractivity contribution in [2.75, 3.05) is 0 Å². The number of aromatic nitrogens is 2. The van der Waals surface area contributed by atoms with Crippen LogP contribution in [0.1, 0.15) is 12.6 Å². The van der Waals surface area contributed by atoms with E-state index in [4.69, 9.17) is 0 Å². The first-order valence-corrected chi connectivity index (χ1v) is 2.69. The fraction of sp³-hybridized carbons (Fsp3) is 0.400. The molecule has 1 aromatic heterocycles. The van der Waals surface area contributed by atoms with Crippen molar-refractivity contribution in [3.05, 3.63) is 11.9 Å². The Kier molecular flexibility index (Phi) is 1.99. The lowest BCUT2D eigenvalue weighted by molar-refractivity contribution is -0.142. The number of carbonyl (C=O) groups excluding carboxylic acids is 1. The van der Waals surface area contributed by atoms with Crippen molar-refractivity contribution in [1.82, 2.24) is 10.3 Å². The molecule has 0 spiro atoms. The smallest absolute Gasteiger partial charge is 0.303 e. The maximum Gasteiger partial charge on any atom is 0.303 e. The van der Waals surface area contributed by atoms with Crippen molar-refractivity contribution in [2.24, 2.45) is 0 Å². The fourth-order valence-corrected chi connectivity index (χ4v) is 0.423. The molecule has 5 nitrogen and oxygen atoms in total. The van der Waals surface area contributed by atoms with Gasteiger partial charge in [-0.15, -0.1) is 0 Å². The number of nitrogens with zero attached hydrogens (tertiary/aromatic N) is 2. The highest BCUT2D eigenvalue weighted by Crippen LogP contribution is 1.93. The molecular formula is C5H6N2O3. The van der Waals surface area contributed by atoms with Crippen LogP contribution in [0.4, 0.5) is 0 Å². The molecule has 0 atom stereocenters. The second kappa shape index (κ2) is 2.95. The lowest BCUT2D eigenvalue weighted by atomic mass is 10.5. The van der Waals surface area contributed by atoms with Crippen LogP contribution in [0.3, 0.4) is 0 Å². The first kappa shape index (κ1) is 6.73. The number of esters is 1. The quantitative estimate of drug-likeness (QED) is 0.549. The molecule has 1 heterocycles. The molecule has 0 N–H and O–H groups in total. The molecule has 0 saturated heterocycles. The number of hydrogen-bond donors (Lipinski definition) is 0. The Morgan fingerprint density at radius 1 is 1.90 bits per heavy atom. The summed E-state index contributed by atoms with van der Waals surface area (Å²) in [7, 11) is 0. The van der Waals surface area contributed by atoms with Crippen LogP contribution in [0.25, 0.3) is 0 Å². The highest BCUT2D eigenvalue weighted by Gasteiger charge is 1.98. The van der Waals surface area contributed by atoms with Gasteiger partial charge in [-0.05, 0) is 0 Å². The third-order valence-electron chi connectivity index (χ3n) is 0.830. The van der Waals surface area contributed by atoms with Gasteiger partial charge >= 0.3 is 5.97 Å². The molecule has 0 unspecified atom stereocenters. The van der Waals surface area contributed by atoms with Gasteiger partial charge in [0.1, 0.15) is 12.3 Å². The Hall–Kier alpha value is -1.39. The minimum atomic E-state index is -0.344. The molecule has 0 radical (unpaired) electrons. The molecule has 54 valence electrons. The van der Waals surface area contributed by atoms with Gasteiger partial charge < -0.3 is 4.74 Å². The average molecular weight is 142 g/mol. The minimum Gasteiger partial charge on any atom is -0.459 e. The van der Waals surface area contributed by atoms with Gasteiger partial charge in [0.2, 0.25) is 0 Å². The van der Waals surface area contributed by atoms with E-state index < -0.39 is 0 Å². The summed E-state index contributed by atoms with van der Waals surface area (Å²) in [5, 5.41) is 6.75. The SMILES string of the molecule is CC(=O)OCc1cnon1. The highest BCUT2D eigenvalue weighted by molar-refractivity contribution is 5.65. The summed E-state index contributed by atoms with van der Waals surface area (Å²) >= 11 is 0. The normalized spacial score (nSPS) is 9.30. The van der Waals surface area contributed by atoms with Crippen LogP contribution < -0.4 is 0 Å². The first-order valence-electron chi connectivity index (χ1n) is 2.69. The van der Waals surface area contributed by atoms with E-state index in [1.165, 1.54) is 13.1 Å². The molecule has 0 aliphatic heterocycles. The fourth-order valence-electron chi connectivity index (χ4n) is 0.423. The molecule has 0 bridgehead atoms. The van der Waals surface area contributed by atoms with Gasteiger partial charge in [0, 0.05) is 6.92 Å². The number of carbonyl (C=O) groups is 1. The lowest BCUT2D eigenvalue weighted by Gasteiger charge is -1.93. The van der Waals surface area contributed by atoms with Crippen molar-refractivity contribution in [3.8, 4) is 0 Å². The van der Waals surface area contributed by atoms with Crippen molar-refractivity contribution in [3.63, 3.8) is 0 Å². The Morgan fingerprint density at radius 2 is 2.70 bits per heavy atom. The zero-order chi connectivity index (χ0) is 7.40. The molecule has 1 rings (SSSR count). The molecule has 10 heavy (non-hydrogen) atoms. The summed E-state index contributed by atoms with van der Waals surface area (Å²) in [5.74, 6) is -0.344. The summed E-state index contributed by atoms with van der Waals surface area (Å²) in [6, 6.07) is 0. The molecule has 0 saturated carbocycles. The Labute approximate surface area is 56.9 Å². The largest absolute Gasteiger partial charge is 0.459 e. The van der Waals surface area contributed by atoms with E-state index in [9.17, 15) is 4.79 Å². The molecule has 0 aliphatic rings. The molecule has 0 aliphatic carbocycles. The van der Waals surface area contributed by atoms with Crippen LogP contribution in [0.2, 0.25) is 0 Å². The van der Waals surface area contributed by atoms with Gasteiger partial charge in [0.15, 0.2) is 0 Å². The van der Waals surface area contributed by atoms with Crippen LogP contribution in [0, 0.1) is 0 Å². The molecule has 5 heteroatoms. The third-order valence-corrected chi connectivity index (χ3v) is 0.830. The predicted octanol–water partition coefficient (Wildman–Crippen LogP) is 0.133. The second-order valence-corrected chi connectivity index (χ2v) is 1.68. The van der Waals surface area contributed by atoms with Crippen LogP contribution >= 0.6 is 0 Å². The number of rotatable bonds is 2. The summed E-state index contributed by atoms with van der Waals surface area (Å²) in [6.07, 6.45) is 1.39. The van der Waals surface area contributed by atoms with E-state index in [1.807, 2.05) is 0 Å². The van der Waals surface area contributed by atoms with Gasteiger partial charge in [-0.25, -0.2) is 4.63 Å². The van der Waals surface area contributed by atoms with Crippen molar-refractivity contribution < 1.29 is 14.2 Å². The van der Waals surface area contributed by atoms with Crippen LogP contribution in [-0.2, 0) is 16.1 Å². The Bertz CT molecular complexity index is 207. The monoisotopic (exact) mass is 142 g/mol. The Balaban J connectivity index is 2.35. The van der Waals surface area contributed by atoms with Gasteiger partial charge in [-0.1, -0.05) is 10.3 Å². The van der Waals surface area contributed by atoms with E-state index >= 15 is 0 Å². The lowest BCUT2D eigenvalue weighted by Crippen LogP contribution is -1.98. The number of hydrogen-bond acceptors (Lipinski definition) is 5. The van der Waals surface area contributed by atoms with Crippen LogP contribution in [0.15, 0.2) is 10.8 Å². The standard InChI is InChI=1S/C5H6N2O3/c1-4(8)9-3-5-2-6-10-7-5/h2H,3H2,1H3. The summed E-state index contributed by atoms with van der Waals surface area (Å²) in [5.41, 5.74) is 0.509. The topological polar surface area (TPSA) is 65.2 Å². The minimum absolute atomic E-state index is 0.124. The maximum atomic E-state index is 10.2. The molecule has 0 aromatic carbocycles. The zero-order valence-electron chi connectivity index (χ0n) is 5.40. The van der Waals surface area contributed by atoms with Gasteiger partial charge in [-0.2, -0.15) is 0 Å². The van der Waals surface area contributed by atoms with E-state index in [2.05, 4.69) is 19.7 Å². The van der Waals surface area contributed by atoms with Crippen molar-refractivity contribution in [1.29, 1.82) is 0 Å². The van der Waals surface area contributed by atoms with Gasteiger partial charge in [-0.3, -0.25) is 4.79 Å². The molecule has 1 aromatic rings. The van der Waals surface area contributed by atoms with Crippen LogP contribution in [0.5, 0.6) is 0 Å². The average Bonchev–Trinajstić information content (AvgIpc) is 2.34. The zero-order valence-corrected chi connectivity index (χ0v) is 5.40. The third kappa shape index (κ3) is 1.85. The second-order valence-electron chi connectivity index (χ2n) is 1.68.